The van der Waals surface area contributed by atoms with Crippen molar-refractivity contribution in [1.29, 1.82) is 5.26 Å². The van der Waals surface area contributed by atoms with Gasteiger partial charge in [-0.25, -0.2) is 0 Å². The number of nitrogens with zero attached hydrogens (tertiary/aromatic N) is 2. The molecule has 0 bridgehead atoms. The molecule has 0 aliphatic heterocycles. The summed E-state index contributed by atoms with van der Waals surface area (Å²) in [6.07, 6.45) is 0.933. The van der Waals surface area contributed by atoms with Crippen molar-refractivity contribution in [2.75, 3.05) is 32.1 Å². The van der Waals surface area contributed by atoms with E-state index in [1.54, 1.807) is 12.1 Å². The maximum Gasteiger partial charge on any atom is 0.255 e. The van der Waals surface area contributed by atoms with Crippen LogP contribution < -0.4 is 15.5 Å². The number of aromatic hydroxyl groups is 1. The van der Waals surface area contributed by atoms with E-state index in [9.17, 15) is 14.7 Å². The topological polar surface area (TPSA) is 105 Å². The van der Waals surface area contributed by atoms with Crippen molar-refractivity contribution in [2.45, 2.75) is 19.8 Å². The highest BCUT2D eigenvalue weighted by molar-refractivity contribution is 5.97. The number of rotatable bonds is 8. The summed E-state index contributed by atoms with van der Waals surface area (Å²) in [6.45, 7) is 2.31. The molecule has 0 fully saturated rings. The number of carbonyl (C=O) groups excluding carboxylic acids is 2. The number of hydrogen-bond donors (Lipinski definition) is 3. The van der Waals surface area contributed by atoms with Gasteiger partial charge in [0.15, 0.2) is 0 Å². The number of amides is 2. The van der Waals surface area contributed by atoms with Crippen LogP contribution in [0.2, 0.25) is 0 Å². The largest absolute Gasteiger partial charge is 0.507 e. The van der Waals surface area contributed by atoms with Crippen LogP contribution in [0.1, 0.15) is 30.1 Å². The molecule has 0 heterocycles. The van der Waals surface area contributed by atoms with Gasteiger partial charge in [0.25, 0.3) is 5.91 Å². The summed E-state index contributed by atoms with van der Waals surface area (Å²) in [7, 11) is 3.70. The molecule has 0 aliphatic rings. The highest BCUT2D eigenvalue weighted by Crippen LogP contribution is 2.23. The van der Waals surface area contributed by atoms with Crippen LogP contribution in [0.15, 0.2) is 18.2 Å². The summed E-state index contributed by atoms with van der Waals surface area (Å²) in [6, 6.07) is 6.73. The zero-order chi connectivity index (χ0) is 18.1. The van der Waals surface area contributed by atoms with Crippen LogP contribution in [-0.4, -0.2) is 44.1 Å². The summed E-state index contributed by atoms with van der Waals surface area (Å²) in [5.74, 6) is -0.512. The second-order valence-electron chi connectivity index (χ2n) is 5.88. The number of phenolic OH excluding ortho intramolecular Hbond substituents is 1. The summed E-state index contributed by atoms with van der Waals surface area (Å²) in [5.41, 5.74) is 1.03. The third-order valence-corrected chi connectivity index (χ3v) is 3.56. The standard InChI is InChI=1S/C17H24N4O3/c1-12(10-16(23)19-9-7-18)6-8-20-17(24)14-5-4-13(21(2)3)11-15(14)22/h4-5,11-12,22H,6,8-10H2,1-3H3,(H,19,23)(H,20,24). The Morgan fingerprint density at radius 1 is 1.33 bits per heavy atom. The van der Waals surface area contributed by atoms with Crippen molar-refractivity contribution < 1.29 is 14.7 Å². The summed E-state index contributed by atoms with van der Waals surface area (Å²) in [5, 5.41) is 23.6. The van der Waals surface area contributed by atoms with E-state index in [2.05, 4.69) is 10.6 Å². The van der Waals surface area contributed by atoms with E-state index in [4.69, 9.17) is 5.26 Å². The lowest BCUT2D eigenvalue weighted by Crippen LogP contribution is -2.28. The fraction of sp³-hybridized carbons (Fsp3) is 0.471. The first-order valence-corrected chi connectivity index (χ1v) is 7.77. The summed E-state index contributed by atoms with van der Waals surface area (Å²) >= 11 is 0. The van der Waals surface area contributed by atoms with Gasteiger partial charge < -0.3 is 20.6 Å². The van der Waals surface area contributed by atoms with Gasteiger partial charge in [-0.1, -0.05) is 6.92 Å². The molecule has 24 heavy (non-hydrogen) atoms. The molecule has 0 saturated carbocycles. The van der Waals surface area contributed by atoms with Crippen LogP contribution >= 0.6 is 0 Å². The third-order valence-electron chi connectivity index (χ3n) is 3.56. The number of phenols is 1. The molecule has 1 rings (SSSR count). The van der Waals surface area contributed by atoms with Gasteiger partial charge in [0.1, 0.15) is 12.3 Å². The second-order valence-corrected chi connectivity index (χ2v) is 5.88. The van der Waals surface area contributed by atoms with Gasteiger partial charge in [0, 0.05) is 38.8 Å². The molecule has 0 aromatic heterocycles. The Bertz CT molecular complexity index is 623. The van der Waals surface area contributed by atoms with E-state index in [1.807, 2.05) is 32.0 Å². The maximum absolute atomic E-state index is 12.1. The molecule has 0 radical (unpaired) electrons. The molecule has 130 valence electrons. The predicted molar refractivity (Wildman–Crippen MR) is 91.8 cm³/mol. The van der Waals surface area contributed by atoms with Crippen molar-refractivity contribution >= 4 is 17.5 Å². The maximum atomic E-state index is 12.1. The quantitative estimate of drug-likeness (QED) is 0.621. The van der Waals surface area contributed by atoms with E-state index in [1.165, 1.54) is 6.07 Å². The van der Waals surface area contributed by atoms with E-state index in [0.29, 0.717) is 19.4 Å². The highest BCUT2D eigenvalue weighted by atomic mass is 16.3. The Morgan fingerprint density at radius 3 is 2.62 bits per heavy atom. The van der Waals surface area contributed by atoms with Crippen molar-refractivity contribution in [1.82, 2.24) is 10.6 Å². The van der Waals surface area contributed by atoms with Crippen LogP contribution in [0.25, 0.3) is 0 Å². The highest BCUT2D eigenvalue weighted by Gasteiger charge is 2.13. The first kappa shape index (κ1) is 19.3. The Balaban J connectivity index is 2.44. The molecule has 2 amide bonds. The summed E-state index contributed by atoms with van der Waals surface area (Å²) in [4.78, 5) is 25.4. The number of carbonyl (C=O) groups is 2. The van der Waals surface area contributed by atoms with E-state index in [-0.39, 0.29) is 35.6 Å². The molecule has 0 saturated heterocycles. The SMILES string of the molecule is CC(CCNC(=O)c1ccc(N(C)C)cc1O)CC(=O)NCC#N. The lowest BCUT2D eigenvalue weighted by Gasteiger charge is -2.15. The zero-order valence-electron chi connectivity index (χ0n) is 14.3. The Morgan fingerprint density at radius 2 is 2.04 bits per heavy atom. The van der Waals surface area contributed by atoms with Crippen LogP contribution in [0.4, 0.5) is 5.69 Å². The lowest BCUT2D eigenvalue weighted by atomic mass is 10.0. The van der Waals surface area contributed by atoms with Crippen LogP contribution in [-0.2, 0) is 4.79 Å². The minimum atomic E-state index is -0.348. The van der Waals surface area contributed by atoms with Gasteiger partial charge in [0.2, 0.25) is 5.91 Å². The molecule has 7 nitrogen and oxygen atoms in total. The number of hydrogen-bond acceptors (Lipinski definition) is 5. The third kappa shape index (κ3) is 6.16. The molecular weight excluding hydrogens is 308 g/mol. The van der Waals surface area contributed by atoms with E-state index < -0.39 is 0 Å². The zero-order valence-corrected chi connectivity index (χ0v) is 14.3. The molecular formula is C17H24N4O3. The molecule has 1 atom stereocenters. The lowest BCUT2D eigenvalue weighted by molar-refractivity contribution is -0.121. The van der Waals surface area contributed by atoms with Gasteiger partial charge in [0.05, 0.1) is 11.6 Å². The number of benzene rings is 1. The van der Waals surface area contributed by atoms with Gasteiger partial charge in [-0.15, -0.1) is 0 Å². The molecule has 0 aliphatic carbocycles. The number of anilines is 1. The fourth-order valence-electron chi connectivity index (χ4n) is 2.15. The van der Waals surface area contributed by atoms with Crippen LogP contribution in [0, 0.1) is 17.2 Å². The van der Waals surface area contributed by atoms with Crippen molar-refractivity contribution in [2.24, 2.45) is 5.92 Å². The fourth-order valence-corrected chi connectivity index (χ4v) is 2.15. The Labute approximate surface area is 142 Å². The normalized spacial score (nSPS) is 11.2. The summed E-state index contributed by atoms with van der Waals surface area (Å²) < 4.78 is 0. The number of nitriles is 1. The first-order chi connectivity index (χ1) is 11.3. The average molecular weight is 332 g/mol. The van der Waals surface area contributed by atoms with Gasteiger partial charge >= 0.3 is 0 Å². The van der Waals surface area contributed by atoms with E-state index >= 15 is 0 Å². The molecule has 1 aromatic carbocycles. The molecule has 1 unspecified atom stereocenters. The molecule has 1 aromatic rings. The van der Waals surface area contributed by atoms with Gasteiger partial charge in [-0.05, 0) is 24.5 Å². The van der Waals surface area contributed by atoms with Crippen LogP contribution in [0.3, 0.4) is 0 Å². The molecule has 3 N–H and O–H groups in total. The van der Waals surface area contributed by atoms with E-state index in [0.717, 1.165) is 5.69 Å². The second kappa shape index (κ2) is 9.40. The Hall–Kier alpha value is -2.75. The van der Waals surface area contributed by atoms with Crippen LogP contribution in [0.5, 0.6) is 5.75 Å². The van der Waals surface area contributed by atoms with Crippen molar-refractivity contribution in [3.8, 4) is 11.8 Å². The van der Waals surface area contributed by atoms with Crippen molar-refractivity contribution in [3.05, 3.63) is 23.8 Å². The minimum Gasteiger partial charge on any atom is -0.507 e. The van der Waals surface area contributed by atoms with Crippen molar-refractivity contribution in [3.63, 3.8) is 0 Å². The first-order valence-electron chi connectivity index (χ1n) is 7.77. The minimum absolute atomic E-state index is 0.00447. The monoisotopic (exact) mass is 332 g/mol. The Kier molecular flexibility index (Phi) is 7.56. The molecule has 7 heteroatoms. The predicted octanol–water partition coefficient (Wildman–Crippen LogP) is 1.24. The molecule has 0 spiro atoms. The average Bonchev–Trinajstić information content (AvgIpc) is 2.52. The van der Waals surface area contributed by atoms with Gasteiger partial charge in [-0.3, -0.25) is 9.59 Å². The van der Waals surface area contributed by atoms with Gasteiger partial charge in [-0.2, -0.15) is 5.26 Å². The number of nitrogens with one attached hydrogen (secondary N) is 2. The smallest absolute Gasteiger partial charge is 0.255 e.